The fraction of sp³-hybridized carbons (Fsp3) is 0.400. The molecule has 1 N–H and O–H groups in total. The predicted octanol–water partition coefficient (Wildman–Crippen LogP) is 4.21. The van der Waals surface area contributed by atoms with Crippen LogP contribution < -0.4 is 5.32 Å². The Balaban J connectivity index is 1.87. The number of nitrogens with one attached hydrogen (secondary N) is 1. The second-order valence-electron chi connectivity index (χ2n) is 4.72. The quantitative estimate of drug-likeness (QED) is 0.825. The third kappa shape index (κ3) is 3.90. The Morgan fingerprint density at radius 2 is 2.21 bits per heavy atom. The summed E-state index contributed by atoms with van der Waals surface area (Å²) in [5.41, 5.74) is 1.49. The highest BCUT2D eigenvalue weighted by Gasteiger charge is 2.13. The molecule has 0 bridgehead atoms. The van der Waals surface area contributed by atoms with Crippen LogP contribution in [0.15, 0.2) is 34.3 Å². The van der Waals surface area contributed by atoms with Gasteiger partial charge in [0.2, 0.25) is 0 Å². The molecule has 0 radical (unpaired) electrons. The second kappa shape index (κ2) is 6.85. The van der Waals surface area contributed by atoms with E-state index in [1.54, 1.807) is 12.1 Å². The van der Waals surface area contributed by atoms with E-state index in [2.05, 4.69) is 27.3 Å². The molecule has 1 aromatic carbocycles. The molecule has 1 aliphatic rings. The normalized spacial score (nSPS) is 14.9. The molecular formula is C15H17BrFNO. The molecule has 2 nitrogen and oxygen atoms in total. The first-order chi connectivity index (χ1) is 9.18. The van der Waals surface area contributed by atoms with Gasteiger partial charge in [0.25, 0.3) is 5.91 Å². The van der Waals surface area contributed by atoms with Crippen molar-refractivity contribution in [2.24, 2.45) is 0 Å². The Bertz CT molecular complexity index is 499. The summed E-state index contributed by atoms with van der Waals surface area (Å²) < 4.78 is 14.0. The molecule has 1 aromatic rings. The highest BCUT2D eigenvalue weighted by Crippen LogP contribution is 2.20. The third-order valence-corrected chi connectivity index (χ3v) is 3.93. The minimum absolute atomic E-state index is 0.0898. The average Bonchev–Trinajstić information content (AvgIpc) is 2.43. The van der Waals surface area contributed by atoms with Gasteiger partial charge in [-0.15, -0.1) is 0 Å². The van der Waals surface area contributed by atoms with Crippen LogP contribution in [0.1, 0.15) is 42.5 Å². The second-order valence-corrected chi connectivity index (χ2v) is 5.57. The third-order valence-electron chi connectivity index (χ3n) is 3.31. The smallest absolute Gasteiger partial charge is 0.254 e. The van der Waals surface area contributed by atoms with Gasteiger partial charge in [-0.1, -0.05) is 17.7 Å². The summed E-state index contributed by atoms with van der Waals surface area (Å²) in [6.07, 6.45) is 7.89. The van der Waals surface area contributed by atoms with Crippen LogP contribution in [0.3, 0.4) is 0 Å². The molecule has 2 rings (SSSR count). The van der Waals surface area contributed by atoms with Crippen LogP contribution in [-0.4, -0.2) is 12.5 Å². The van der Waals surface area contributed by atoms with Crippen molar-refractivity contribution < 1.29 is 9.18 Å². The summed E-state index contributed by atoms with van der Waals surface area (Å²) in [5, 5.41) is 2.77. The fourth-order valence-electron chi connectivity index (χ4n) is 2.24. The Morgan fingerprint density at radius 1 is 1.37 bits per heavy atom. The van der Waals surface area contributed by atoms with Crippen molar-refractivity contribution in [3.8, 4) is 0 Å². The number of hydrogen-bond donors (Lipinski definition) is 1. The zero-order chi connectivity index (χ0) is 13.7. The zero-order valence-electron chi connectivity index (χ0n) is 10.7. The molecule has 0 unspecified atom stereocenters. The molecule has 0 heterocycles. The molecule has 0 fully saturated rings. The van der Waals surface area contributed by atoms with Crippen LogP contribution in [0.5, 0.6) is 0 Å². The van der Waals surface area contributed by atoms with Crippen molar-refractivity contribution in [1.29, 1.82) is 0 Å². The molecule has 0 saturated carbocycles. The Hall–Kier alpha value is -1.16. The monoisotopic (exact) mass is 325 g/mol. The van der Waals surface area contributed by atoms with Gasteiger partial charge in [-0.25, -0.2) is 4.39 Å². The number of carbonyl (C=O) groups excluding carboxylic acids is 1. The van der Waals surface area contributed by atoms with Crippen molar-refractivity contribution in [3.05, 3.63) is 45.7 Å². The van der Waals surface area contributed by atoms with E-state index in [-0.39, 0.29) is 11.5 Å². The highest BCUT2D eigenvalue weighted by atomic mass is 79.9. The minimum atomic E-state index is -0.503. The largest absolute Gasteiger partial charge is 0.352 e. The van der Waals surface area contributed by atoms with Gasteiger partial charge in [-0.05, 0) is 60.2 Å². The number of hydrogen-bond acceptors (Lipinski definition) is 1. The molecule has 0 aliphatic heterocycles. The van der Waals surface area contributed by atoms with Gasteiger partial charge in [-0.2, -0.15) is 0 Å². The van der Waals surface area contributed by atoms with Crippen LogP contribution in [0.4, 0.5) is 4.39 Å². The zero-order valence-corrected chi connectivity index (χ0v) is 12.3. The molecule has 0 saturated heterocycles. The molecular weight excluding hydrogens is 309 g/mol. The van der Waals surface area contributed by atoms with Crippen molar-refractivity contribution >= 4 is 21.8 Å². The van der Waals surface area contributed by atoms with Crippen LogP contribution in [0, 0.1) is 5.82 Å². The van der Waals surface area contributed by atoms with E-state index in [1.165, 1.54) is 24.5 Å². The van der Waals surface area contributed by atoms with E-state index in [0.29, 0.717) is 11.0 Å². The number of rotatable bonds is 4. The Morgan fingerprint density at radius 3 is 2.95 bits per heavy atom. The number of carbonyl (C=O) groups is 1. The maximum atomic E-state index is 13.7. The topological polar surface area (TPSA) is 29.1 Å². The molecule has 1 aliphatic carbocycles. The molecule has 0 atom stereocenters. The maximum Gasteiger partial charge on any atom is 0.254 e. The van der Waals surface area contributed by atoms with Crippen LogP contribution >= 0.6 is 15.9 Å². The van der Waals surface area contributed by atoms with Gasteiger partial charge in [0.05, 0.1) is 10.0 Å². The molecule has 0 aromatic heterocycles. The summed E-state index contributed by atoms with van der Waals surface area (Å²) in [4.78, 5) is 11.9. The summed E-state index contributed by atoms with van der Waals surface area (Å²) in [7, 11) is 0. The van der Waals surface area contributed by atoms with Gasteiger partial charge in [-0.3, -0.25) is 4.79 Å². The first-order valence-corrected chi connectivity index (χ1v) is 7.38. The molecule has 0 spiro atoms. The lowest BCUT2D eigenvalue weighted by atomic mass is 9.97. The van der Waals surface area contributed by atoms with Gasteiger partial charge in [0, 0.05) is 6.54 Å². The molecule has 4 heteroatoms. The summed E-state index contributed by atoms with van der Waals surface area (Å²) >= 11 is 3.08. The van der Waals surface area contributed by atoms with Gasteiger partial charge < -0.3 is 5.32 Å². The number of halogens is 2. The lowest BCUT2D eigenvalue weighted by molar-refractivity contribution is 0.0950. The van der Waals surface area contributed by atoms with Crippen LogP contribution in [-0.2, 0) is 0 Å². The first kappa shape index (κ1) is 14.3. The fourth-order valence-corrected chi connectivity index (χ4v) is 2.61. The molecule has 1 amide bonds. The predicted molar refractivity (Wildman–Crippen MR) is 77.6 cm³/mol. The van der Waals surface area contributed by atoms with E-state index in [9.17, 15) is 9.18 Å². The van der Waals surface area contributed by atoms with Crippen molar-refractivity contribution in [3.63, 3.8) is 0 Å². The Labute approximate surface area is 121 Å². The highest BCUT2D eigenvalue weighted by molar-refractivity contribution is 9.10. The molecule has 102 valence electrons. The van der Waals surface area contributed by atoms with E-state index < -0.39 is 5.82 Å². The summed E-state index contributed by atoms with van der Waals surface area (Å²) in [6, 6.07) is 4.74. The summed E-state index contributed by atoms with van der Waals surface area (Å²) in [5.74, 6) is -0.855. The minimum Gasteiger partial charge on any atom is -0.352 e. The lowest BCUT2D eigenvalue weighted by Crippen LogP contribution is -2.25. The van der Waals surface area contributed by atoms with Gasteiger partial charge >= 0.3 is 0 Å². The number of allylic oxidation sites excluding steroid dienone is 1. The van der Waals surface area contributed by atoms with E-state index >= 15 is 0 Å². The van der Waals surface area contributed by atoms with E-state index in [1.807, 2.05) is 0 Å². The average molecular weight is 326 g/mol. The van der Waals surface area contributed by atoms with Crippen LogP contribution in [0.2, 0.25) is 0 Å². The lowest BCUT2D eigenvalue weighted by Gasteiger charge is -2.13. The SMILES string of the molecule is O=C(NCCC1=CCCCC1)c1cccc(Br)c1F. The van der Waals surface area contributed by atoms with Crippen molar-refractivity contribution in [1.82, 2.24) is 5.32 Å². The van der Waals surface area contributed by atoms with Gasteiger partial charge in [0.15, 0.2) is 0 Å². The van der Waals surface area contributed by atoms with E-state index in [0.717, 1.165) is 19.3 Å². The number of benzene rings is 1. The standard InChI is InChI=1S/C15H17BrFNO/c16-13-8-4-7-12(14(13)17)15(19)18-10-9-11-5-2-1-3-6-11/h4-5,7-8H,1-3,6,9-10H2,(H,18,19). The van der Waals surface area contributed by atoms with Crippen molar-refractivity contribution in [2.45, 2.75) is 32.1 Å². The van der Waals surface area contributed by atoms with Crippen molar-refractivity contribution in [2.75, 3.05) is 6.54 Å². The van der Waals surface area contributed by atoms with Crippen LogP contribution in [0.25, 0.3) is 0 Å². The maximum absolute atomic E-state index is 13.7. The molecule has 19 heavy (non-hydrogen) atoms. The van der Waals surface area contributed by atoms with E-state index in [4.69, 9.17) is 0 Å². The number of amides is 1. The first-order valence-electron chi connectivity index (χ1n) is 6.58. The van der Waals surface area contributed by atoms with Gasteiger partial charge in [0.1, 0.15) is 5.82 Å². The Kier molecular flexibility index (Phi) is 5.14. The summed E-state index contributed by atoms with van der Waals surface area (Å²) in [6.45, 7) is 0.566.